The van der Waals surface area contributed by atoms with Gasteiger partial charge in [-0.2, -0.15) is 8.42 Å². The van der Waals surface area contributed by atoms with Crippen LogP contribution in [0.5, 0.6) is 17.2 Å². The lowest BCUT2D eigenvalue weighted by Gasteiger charge is -2.17. The zero-order valence-electron chi connectivity index (χ0n) is 22.6. The average Bonchev–Trinajstić information content (AvgIpc) is 3.27. The molecule has 4 rings (SSSR count). The molecular weight excluding hydrogens is 550 g/mol. The third kappa shape index (κ3) is 7.17. The molecule has 0 aliphatic rings. The molecule has 11 nitrogen and oxygen atoms in total. The topological polar surface area (TPSA) is 125 Å². The Bertz CT molecular complexity index is 1560. The number of nitrogens with zero attached hydrogens (tertiary/aromatic N) is 2. The normalized spacial score (nSPS) is 10.6. The molecule has 0 aliphatic carbocycles. The smallest absolute Gasteiger partial charge is 0.428 e. The van der Waals surface area contributed by atoms with Crippen molar-refractivity contribution in [1.82, 2.24) is 9.47 Å². The summed E-state index contributed by atoms with van der Waals surface area (Å²) in [6, 6.07) is 25.2. The summed E-state index contributed by atoms with van der Waals surface area (Å²) < 4.78 is 45.8. The van der Waals surface area contributed by atoms with Crippen molar-refractivity contribution in [2.24, 2.45) is 0 Å². The highest BCUT2D eigenvalue weighted by Crippen LogP contribution is 2.45. The van der Waals surface area contributed by atoms with Gasteiger partial charge in [-0.15, -0.1) is 0 Å². The minimum absolute atomic E-state index is 0.00359. The van der Waals surface area contributed by atoms with Gasteiger partial charge in [0.15, 0.2) is 17.3 Å². The summed E-state index contributed by atoms with van der Waals surface area (Å²) in [5.41, 5.74) is 2.08. The van der Waals surface area contributed by atoms with Gasteiger partial charge in [-0.05, 0) is 35.4 Å². The third-order valence-electron chi connectivity index (χ3n) is 5.85. The van der Waals surface area contributed by atoms with Gasteiger partial charge < -0.3 is 23.3 Å². The zero-order valence-corrected chi connectivity index (χ0v) is 23.5. The van der Waals surface area contributed by atoms with Gasteiger partial charge in [0, 0.05) is 19.8 Å². The molecule has 3 aromatic carbocycles. The number of amides is 2. The van der Waals surface area contributed by atoms with E-state index in [0.29, 0.717) is 11.4 Å². The maximum absolute atomic E-state index is 13.7. The van der Waals surface area contributed by atoms with Gasteiger partial charge >= 0.3 is 17.1 Å². The molecule has 0 radical (unpaired) electrons. The number of rotatable bonds is 11. The maximum atomic E-state index is 13.7. The Morgan fingerprint density at radius 3 is 1.83 bits per heavy atom. The second kappa shape index (κ2) is 13.4. The summed E-state index contributed by atoms with van der Waals surface area (Å²) in [4.78, 5) is 27.6. The van der Waals surface area contributed by atoms with E-state index in [2.05, 4.69) is 9.50 Å². The lowest BCUT2D eigenvalue weighted by Crippen LogP contribution is -2.25. The number of carbonyl (C=O) groups is 2. The van der Waals surface area contributed by atoms with E-state index in [9.17, 15) is 18.0 Å². The van der Waals surface area contributed by atoms with Gasteiger partial charge in [0.05, 0.1) is 7.11 Å². The third-order valence-corrected chi connectivity index (χ3v) is 6.17. The fourth-order valence-electron chi connectivity index (χ4n) is 3.95. The molecule has 0 atom stereocenters. The van der Waals surface area contributed by atoms with Crippen LogP contribution in [0.4, 0.5) is 10.6 Å². The second-order valence-corrected chi connectivity index (χ2v) is 9.49. The van der Waals surface area contributed by atoms with Gasteiger partial charge in [-0.1, -0.05) is 60.7 Å². The van der Waals surface area contributed by atoms with Crippen molar-refractivity contribution in [3.8, 4) is 22.9 Å². The number of thiol groups is 1. The zero-order chi connectivity index (χ0) is 29.4. The Hall–Kier alpha value is -4.97. The molecule has 214 valence electrons. The van der Waals surface area contributed by atoms with E-state index in [1.807, 2.05) is 60.7 Å². The minimum atomic E-state index is -3.51. The number of aromatic nitrogens is 1. The molecule has 12 heteroatoms. The van der Waals surface area contributed by atoms with E-state index < -0.39 is 23.0 Å². The van der Waals surface area contributed by atoms with Crippen LogP contribution >= 0.6 is 0 Å². The maximum Gasteiger partial charge on any atom is 0.428 e. The van der Waals surface area contributed by atoms with E-state index >= 15 is 0 Å². The summed E-state index contributed by atoms with van der Waals surface area (Å²) in [6.45, 7) is 0.115. The number of ether oxygens (including phenoxy) is 3. The van der Waals surface area contributed by atoms with E-state index in [0.717, 1.165) is 11.1 Å². The number of nitrogens with one attached hydrogen (secondary N) is 1. The molecule has 1 N–H and O–H groups in total. The molecule has 0 unspecified atom stereocenters. The monoisotopic (exact) mass is 579 g/mol. The molecule has 1 aromatic heterocycles. The molecule has 41 heavy (non-hydrogen) atoms. The predicted octanol–water partition coefficient (Wildman–Crippen LogP) is 4.42. The highest BCUT2D eigenvalue weighted by Gasteiger charge is 2.33. The van der Waals surface area contributed by atoms with Gasteiger partial charge in [-0.3, -0.25) is 14.7 Å². The Kier molecular flexibility index (Phi) is 9.48. The van der Waals surface area contributed by atoms with Crippen LogP contribution in [0.1, 0.15) is 21.6 Å². The van der Waals surface area contributed by atoms with Crippen LogP contribution in [-0.2, 0) is 28.4 Å². The van der Waals surface area contributed by atoms with E-state index in [1.165, 1.54) is 16.6 Å². The molecule has 0 fully saturated rings. The number of carbonyl (C=O) groups excluding carboxylic acids is 2. The number of methoxy groups -OCH3 is 1. The molecular formula is C29H29N3O8S. The lowest BCUT2D eigenvalue weighted by atomic mass is 10.2. The summed E-state index contributed by atoms with van der Waals surface area (Å²) >= 11 is 0. The fourth-order valence-corrected chi connectivity index (χ4v) is 4.13. The first-order chi connectivity index (χ1) is 19.8. The highest BCUT2D eigenvalue weighted by molar-refractivity contribution is 7.67. The molecule has 0 aliphatic heterocycles. The van der Waals surface area contributed by atoms with E-state index in [1.54, 1.807) is 38.4 Å². The van der Waals surface area contributed by atoms with Crippen LogP contribution < -0.4 is 19.5 Å². The lowest BCUT2D eigenvalue weighted by molar-refractivity contribution is 0.0814. The molecule has 0 spiro atoms. The Balaban J connectivity index is 1.95. The molecule has 1 heterocycles. The summed E-state index contributed by atoms with van der Waals surface area (Å²) in [5.74, 6) is 0.0655. The predicted molar refractivity (Wildman–Crippen MR) is 152 cm³/mol. The second-order valence-electron chi connectivity index (χ2n) is 8.86. The summed E-state index contributed by atoms with van der Waals surface area (Å²) in [7, 11) is 1.16. The summed E-state index contributed by atoms with van der Waals surface area (Å²) in [5, 5.41) is 2.44. The van der Waals surface area contributed by atoms with Gasteiger partial charge in [-0.25, -0.2) is 4.79 Å². The van der Waals surface area contributed by atoms with Gasteiger partial charge in [0.1, 0.15) is 19.0 Å². The quantitative estimate of drug-likeness (QED) is 0.250. The highest BCUT2D eigenvalue weighted by atomic mass is 32.2. The van der Waals surface area contributed by atoms with Crippen molar-refractivity contribution >= 4 is 28.8 Å². The van der Waals surface area contributed by atoms with Crippen LogP contribution in [-0.4, -0.2) is 51.1 Å². The van der Waals surface area contributed by atoms with E-state index in [-0.39, 0.29) is 36.2 Å². The fraction of sp³-hybridized carbons (Fsp3) is 0.172. The number of hydrogen-bond acceptors (Lipinski definition) is 8. The largest absolute Gasteiger partial charge is 0.497 e. The minimum Gasteiger partial charge on any atom is -0.497 e. The Labute approximate surface area is 239 Å². The standard InChI is InChI=1S/C29H29N3O8S/c1-31(2)28(33)24-25(38-18-20-10-6-4-7-11-20)26(39-19-21-12-8-5-9-13-21)27(30-29(34)40-41(35)36)32(24)22-14-16-23(37-3)17-15-22/h4-17,41H,18-19H2,1-3H3,(H,30,34). The Morgan fingerprint density at radius 1 is 0.805 bits per heavy atom. The first-order valence-corrected chi connectivity index (χ1v) is 13.5. The average molecular weight is 580 g/mol. The Morgan fingerprint density at radius 2 is 1.34 bits per heavy atom. The van der Waals surface area contributed by atoms with Crippen molar-refractivity contribution in [3.63, 3.8) is 0 Å². The van der Waals surface area contributed by atoms with Crippen molar-refractivity contribution in [2.75, 3.05) is 26.5 Å². The van der Waals surface area contributed by atoms with Crippen LogP contribution in [0.15, 0.2) is 84.9 Å². The van der Waals surface area contributed by atoms with Crippen molar-refractivity contribution in [2.45, 2.75) is 13.2 Å². The SMILES string of the molecule is COc1ccc(-n2c(NC(=O)O[SH](=O)=O)c(OCc3ccccc3)c(OCc3ccccc3)c2C(=O)N(C)C)cc1. The van der Waals surface area contributed by atoms with Crippen molar-refractivity contribution in [1.29, 1.82) is 0 Å². The molecule has 4 aromatic rings. The van der Waals surface area contributed by atoms with E-state index in [4.69, 9.17) is 14.2 Å². The molecule has 0 saturated carbocycles. The van der Waals surface area contributed by atoms with Crippen LogP contribution in [0.2, 0.25) is 0 Å². The molecule has 2 amide bonds. The first-order valence-electron chi connectivity index (χ1n) is 12.4. The van der Waals surface area contributed by atoms with Crippen LogP contribution in [0, 0.1) is 0 Å². The van der Waals surface area contributed by atoms with Crippen molar-refractivity contribution < 1.29 is 36.4 Å². The van der Waals surface area contributed by atoms with Gasteiger partial charge in [0.25, 0.3) is 5.91 Å². The van der Waals surface area contributed by atoms with Gasteiger partial charge in [0.2, 0.25) is 5.75 Å². The number of anilines is 1. The number of benzene rings is 3. The van der Waals surface area contributed by atoms with Crippen LogP contribution in [0.3, 0.4) is 0 Å². The first kappa shape index (κ1) is 29.0. The van der Waals surface area contributed by atoms with Crippen molar-refractivity contribution in [3.05, 3.63) is 102 Å². The number of hydrogen-bond donors (Lipinski definition) is 2. The molecule has 0 bridgehead atoms. The van der Waals surface area contributed by atoms with Crippen LogP contribution in [0.25, 0.3) is 5.69 Å². The molecule has 0 saturated heterocycles. The summed E-state index contributed by atoms with van der Waals surface area (Å²) in [6.07, 6.45) is -1.30.